The third-order valence-electron chi connectivity index (χ3n) is 15.4. The number of rotatable bonds is 8. The van der Waals surface area contributed by atoms with Crippen molar-refractivity contribution < 1.29 is 8.83 Å². The molecule has 2 heterocycles. The molecule has 0 fully saturated rings. The van der Waals surface area contributed by atoms with Crippen LogP contribution < -0.4 is 9.80 Å². The van der Waals surface area contributed by atoms with Crippen LogP contribution in [0, 0.1) is 13.8 Å². The fourth-order valence-corrected chi connectivity index (χ4v) is 11.8. The van der Waals surface area contributed by atoms with Gasteiger partial charge in [-0.3, -0.25) is 0 Å². The molecule has 0 spiro atoms. The van der Waals surface area contributed by atoms with Crippen molar-refractivity contribution in [1.29, 1.82) is 0 Å². The molecule has 0 aliphatic heterocycles. The number of furan rings is 2. The van der Waals surface area contributed by atoms with Gasteiger partial charge in [-0.1, -0.05) is 175 Å². The highest BCUT2D eigenvalue weighted by molar-refractivity contribution is 6.23. The minimum atomic E-state index is -0.298. The van der Waals surface area contributed by atoms with Crippen molar-refractivity contribution >= 4 is 99.5 Å². The number of anilines is 6. The lowest BCUT2D eigenvalue weighted by molar-refractivity contribution is 0.564. The van der Waals surface area contributed by atoms with Crippen LogP contribution in [0.5, 0.6) is 0 Å². The molecule has 370 valence electrons. The molecule has 13 rings (SSSR count). The van der Waals surface area contributed by atoms with E-state index in [0.717, 1.165) is 111 Å². The van der Waals surface area contributed by atoms with Crippen LogP contribution in [0.25, 0.3) is 87.7 Å². The van der Waals surface area contributed by atoms with E-state index in [4.69, 9.17) is 8.83 Å². The molecule has 0 amide bonds. The third kappa shape index (κ3) is 7.99. The zero-order chi connectivity index (χ0) is 52.0. The van der Waals surface area contributed by atoms with Gasteiger partial charge < -0.3 is 18.6 Å². The second-order valence-electron chi connectivity index (χ2n) is 22.7. The Hall–Kier alpha value is -8.86. The molecule has 13 aromatic rings. The first-order valence-electron chi connectivity index (χ1n) is 26.6. The predicted octanol–water partition coefficient (Wildman–Crippen LogP) is 21.3. The summed E-state index contributed by atoms with van der Waals surface area (Å²) in [4.78, 5) is 4.77. The van der Waals surface area contributed by atoms with Crippen molar-refractivity contribution in [1.82, 2.24) is 0 Å². The van der Waals surface area contributed by atoms with Crippen LogP contribution >= 0.6 is 0 Å². The number of nitrogens with zero attached hydrogens (tertiary/aromatic N) is 2. The average molecular weight is 985 g/mol. The summed E-state index contributed by atoms with van der Waals surface area (Å²) in [5.41, 5.74) is 19.1. The van der Waals surface area contributed by atoms with E-state index in [9.17, 15) is 0 Å². The smallest absolute Gasteiger partial charge is 0.140 e. The van der Waals surface area contributed by atoms with Crippen LogP contribution in [0.4, 0.5) is 34.1 Å². The fraction of sp³-hybridized carbons (Fsp3) is 0.139. The van der Waals surface area contributed by atoms with Gasteiger partial charge in [-0.15, -0.1) is 0 Å². The summed E-state index contributed by atoms with van der Waals surface area (Å²) in [7, 11) is 0. The second-order valence-corrected chi connectivity index (χ2v) is 22.7. The SMILES string of the molecule is Cc1ccc(-c2ccccc2)cc1N(c1ccccc1)c1ccc2cc3c(cc2c1)oc1c(C(C)(C)C)c2c(oc4cc5cc(N(c6ccccc6)c6cc(-c7ccccc7)ccc6C)ccc5cc42)c(C(C)(C)C)c13. The van der Waals surface area contributed by atoms with Gasteiger partial charge in [-0.05, 0) is 165 Å². The first kappa shape index (κ1) is 46.9. The van der Waals surface area contributed by atoms with E-state index >= 15 is 0 Å². The zero-order valence-electron chi connectivity index (χ0n) is 44.5. The van der Waals surface area contributed by atoms with Crippen molar-refractivity contribution in [2.45, 2.75) is 66.2 Å². The molecule has 0 radical (unpaired) electrons. The summed E-state index contributed by atoms with van der Waals surface area (Å²) in [6, 6.07) is 79.1. The van der Waals surface area contributed by atoms with Gasteiger partial charge in [0.05, 0.1) is 0 Å². The van der Waals surface area contributed by atoms with Gasteiger partial charge in [-0.2, -0.15) is 0 Å². The Morgan fingerprint density at radius 2 is 0.684 bits per heavy atom. The van der Waals surface area contributed by atoms with Crippen LogP contribution in [-0.4, -0.2) is 0 Å². The highest BCUT2D eigenvalue weighted by atomic mass is 16.3. The molecule has 11 aromatic carbocycles. The molecule has 0 unspecified atom stereocenters. The number of para-hydroxylation sites is 2. The third-order valence-corrected chi connectivity index (χ3v) is 15.4. The number of fused-ring (bicyclic) bond motifs is 8. The number of aryl methyl sites for hydroxylation is 2. The zero-order valence-corrected chi connectivity index (χ0v) is 44.5. The van der Waals surface area contributed by atoms with Crippen molar-refractivity contribution in [3.63, 3.8) is 0 Å². The minimum absolute atomic E-state index is 0.298. The highest BCUT2D eigenvalue weighted by Gasteiger charge is 2.34. The summed E-state index contributed by atoms with van der Waals surface area (Å²) in [6.07, 6.45) is 0. The molecule has 0 aliphatic rings. The monoisotopic (exact) mass is 984 g/mol. The van der Waals surface area contributed by atoms with E-state index in [1.807, 2.05) is 0 Å². The lowest BCUT2D eigenvalue weighted by Crippen LogP contribution is -2.16. The van der Waals surface area contributed by atoms with Crippen molar-refractivity contribution in [2.75, 3.05) is 9.80 Å². The lowest BCUT2D eigenvalue weighted by atomic mass is 9.77. The molecular formula is C72H60N2O2. The van der Waals surface area contributed by atoms with Crippen molar-refractivity contribution in [2.24, 2.45) is 0 Å². The second kappa shape index (κ2) is 17.9. The molecular weight excluding hydrogens is 925 g/mol. The summed E-state index contributed by atoms with van der Waals surface area (Å²) in [5.74, 6) is 0. The Balaban J connectivity index is 0.988. The quantitative estimate of drug-likeness (QED) is 0.152. The van der Waals surface area contributed by atoms with Crippen LogP contribution in [-0.2, 0) is 10.8 Å². The van der Waals surface area contributed by atoms with Crippen LogP contribution in [0.3, 0.4) is 0 Å². The molecule has 76 heavy (non-hydrogen) atoms. The maximum atomic E-state index is 7.33. The molecule has 0 N–H and O–H groups in total. The Kier molecular flexibility index (Phi) is 11.1. The van der Waals surface area contributed by atoms with Gasteiger partial charge in [0.1, 0.15) is 22.3 Å². The van der Waals surface area contributed by atoms with E-state index < -0.39 is 0 Å². The van der Waals surface area contributed by atoms with Gasteiger partial charge in [-0.25, -0.2) is 0 Å². The van der Waals surface area contributed by atoms with Gasteiger partial charge in [0.2, 0.25) is 0 Å². The van der Waals surface area contributed by atoms with E-state index in [1.54, 1.807) is 0 Å². The van der Waals surface area contributed by atoms with E-state index in [2.05, 4.69) is 284 Å². The number of benzene rings is 11. The van der Waals surface area contributed by atoms with E-state index in [0.29, 0.717) is 0 Å². The van der Waals surface area contributed by atoms with E-state index in [1.165, 1.54) is 33.4 Å². The van der Waals surface area contributed by atoms with Crippen molar-refractivity contribution in [3.8, 4) is 22.3 Å². The Labute approximate surface area is 445 Å². The summed E-state index contributed by atoms with van der Waals surface area (Å²) in [6.45, 7) is 18.2. The molecule has 2 aromatic heterocycles. The highest BCUT2D eigenvalue weighted by Crippen LogP contribution is 2.52. The first-order valence-corrected chi connectivity index (χ1v) is 26.6. The Bertz CT molecular complexity index is 4080. The van der Waals surface area contributed by atoms with E-state index in [-0.39, 0.29) is 10.8 Å². The van der Waals surface area contributed by atoms with Crippen LogP contribution in [0.15, 0.2) is 227 Å². The van der Waals surface area contributed by atoms with Crippen LogP contribution in [0.2, 0.25) is 0 Å². The fourth-order valence-electron chi connectivity index (χ4n) is 11.8. The average Bonchev–Trinajstić information content (AvgIpc) is 4.19. The molecule has 4 nitrogen and oxygen atoms in total. The maximum absolute atomic E-state index is 7.33. The largest absolute Gasteiger partial charge is 0.456 e. The normalized spacial score (nSPS) is 12.2. The molecule has 4 heteroatoms. The van der Waals surface area contributed by atoms with Gasteiger partial charge in [0.25, 0.3) is 0 Å². The molecule has 0 aliphatic carbocycles. The standard InChI is InChI=1S/C72H60N2O2/c1-45-29-31-51(47-21-13-9-14-22-47)41-61(45)73(55-25-17-11-18-26-55)57-35-33-49-39-59-63(43-53(49)37-57)75-69-65(59)67(71(3,4)5)70-66(68(69)72(6,7)8)60-40-50-34-36-58(38-54(50)44-64(60)76-70)74(56-27-19-12-20-28-56)62-42-52(32-30-46(62)2)48-23-15-10-16-24-48/h9-44H,1-8H3. The maximum Gasteiger partial charge on any atom is 0.140 e. The summed E-state index contributed by atoms with van der Waals surface area (Å²) < 4.78 is 14.7. The molecule has 0 saturated heterocycles. The van der Waals surface area contributed by atoms with Gasteiger partial charge in [0.15, 0.2) is 0 Å². The predicted molar refractivity (Wildman–Crippen MR) is 323 cm³/mol. The topological polar surface area (TPSA) is 32.8 Å². The minimum Gasteiger partial charge on any atom is -0.456 e. The first-order chi connectivity index (χ1) is 36.8. The summed E-state index contributed by atoms with van der Waals surface area (Å²) in [5, 5.41) is 8.98. The number of hydrogen-bond acceptors (Lipinski definition) is 4. The Morgan fingerprint density at radius 1 is 0.316 bits per heavy atom. The van der Waals surface area contributed by atoms with Gasteiger partial charge >= 0.3 is 0 Å². The summed E-state index contributed by atoms with van der Waals surface area (Å²) >= 11 is 0. The van der Waals surface area contributed by atoms with Crippen LogP contribution in [0.1, 0.15) is 63.8 Å². The molecule has 0 saturated carbocycles. The Morgan fingerprint density at radius 3 is 1.05 bits per heavy atom. The number of hydrogen-bond donors (Lipinski definition) is 0. The molecule has 0 bridgehead atoms. The van der Waals surface area contributed by atoms with Gasteiger partial charge in [0, 0.05) is 66.8 Å². The molecule has 0 atom stereocenters. The lowest BCUT2D eigenvalue weighted by Gasteiger charge is -2.28. The van der Waals surface area contributed by atoms with Crippen molar-refractivity contribution in [3.05, 3.63) is 241 Å².